The van der Waals surface area contributed by atoms with E-state index in [1.165, 1.54) is 5.32 Å². The third kappa shape index (κ3) is 2.65. The Hall–Kier alpha value is -0.940. The fourth-order valence-electron chi connectivity index (χ4n) is 0.326. The van der Waals surface area contributed by atoms with Crippen molar-refractivity contribution in [1.29, 1.82) is 0 Å². The number of carbonyl (C=O) groups is 1. The highest BCUT2D eigenvalue weighted by Gasteiger charge is 2.47. The zero-order valence-electron chi connectivity index (χ0n) is 5.95. The minimum atomic E-state index is -4.60. The van der Waals surface area contributed by atoms with Gasteiger partial charge in [-0.3, -0.25) is 0 Å². The lowest BCUT2D eigenvalue weighted by atomic mass is 10.1. The summed E-state index contributed by atoms with van der Waals surface area (Å²) < 4.78 is 35.5. The van der Waals surface area contributed by atoms with Crippen LogP contribution in [0, 0.1) is 0 Å². The van der Waals surface area contributed by atoms with E-state index in [0.29, 0.717) is 13.8 Å². The summed E-state index contributed by atoms with van der Waals surface area (Å²) in [5.74, 6) is 0. The van der Waals surface area contributed by atoms with Crippen LogP contribution in [0.15, 0.2) is 0 Å². The molecular formula is C5H7F3NO2-. The summed E-state index contributed by atoms with van der Waals surface area (Å²) in [7, 11) is 0. The molecule has 0 atom stereocenters. The molecule has 0 aromatic carbocycles. The standard InChI is InChI=1S/C5H8F3NO2/c1-4(2,5(6,7)8)9-3(10)11/h9H,1-2H3,(H,10,11)/p-1. The van der Waals surface area contributed by atoms with E-state index in [4.69, 9.17) is 0 Å². The topological polar surface area (TPSA) is 52.2 Å². The number of hydrogen-bond acceptors (Lipinski definition) is 2. The van der Waals surface area contributed by atoms with Gasteiger partial charge in [-0.1, -0.05) is 0 Å². The number of rotatable bonds is 1. The maximum atomic E-state index is 11.8. The normalized spacial score (nSPS) is 12.8. The van der Waals surface area contributed by atoms with Crippen molar-refractivity contribution in [3.8, 4) is 0 Å². The van der Waals surface area contributed by atoms with Crippen LogP contribution in [-0.4, -0.2) is 17.8 Å². The first kappa shape index (κ1) is 10.1. The second-order valence-corrected chi connectivity index (χ2v) is 2.54. The Morgan fingerprint density at radius 1 is 1.36 bits per heavy atom. The van der Waals surface area contributed by atoms with E-state index in [0.717, 1.165) is 0 Å². The average Bonchev–Trinajstić information content (AvgIpc) is 1.56. The molecule has 1 amide bonds. The molecule has 6 heteroatoms. The molecule has 11 heavy (non-hydrogen) atoms. The highest BCUT2D eigenvalue weighted by Crippen LogP contribution is 2.28. The maximum absolute atomic E-state index is 11.8. The molecule has 1 N–H and O–H groups in total. The third-order valence-electron chi connectivity index (χ3n) is 1.12. The van der Waals surface area contributed by atoms with Crippen molar-refractivity contribution in [2.24, 2.45) is 0 Å². The Kier molecular flexibility index (Phi) is 2.37. The predicted molar refractivity (Wildman–Crippen MR) is 28.7 cm³/mol. The van der Waals surface area contributed by atoms with E-state index in [1.54, 1.807) is 0 Å². The van der Waals surface area contributed by atoms with Crippen LogP contribution in [0.2, 0.25) is 0 Å². The predicted octanol–water partition coefficient (Wildman–Crippen LogP) is 0.260. The van der Waals surface area contributed by atoms with Crippen molar-refractivity contribution in [2.45, 2.75) is 25.6 Å². The second kappa shape index (κ2) is 2.60. The molecular weight excluding hydrogens is 163 g/mol. The summed E-state index contributed by atoms with van der Waals surface area (Å²) in [6, 6.07) is 0. The third-order valence-corrected chi connectivity index (χ3v) is 1.12. The molecule has 0 aliphatic rings. The van der Waals surface area contributed by atoms with Gasteiger partial charge in [0.15, 0.2) is 0 Å². The van der Waals surface area contributed by atoms with Gasteiger partial charge in [-0.25, -0.2) is 0 Å². The van der Waals surface area contributed by atoms with Crippen LogP contribution in [0.25, 0.3) is 0 Å². The van der Waals surface area contributed by atoms with Crippen LogP contribution in [0.3, 0.4) is 0 Å². The molecule has 0 bridgehead atoms. The summed E-state index contributed by atoms with van der Waals surface area (Å²) in [5.41, 5.74) is -2.45. The van der Waals surface area contributed by atoms with Gasteiger partial charge >= 0.3 is 6.18 Å². The molecule has 66 valence electrons. The van der Waals surface area contributed by atoms with Crippen LogP contribution in [0.4, 0.5) is 18.0 Å². The van der Waals surface area contributed by atoms with Gasteiger partial charge in [-0.2, -0.15) is 13.2 Å². The van der Waals surface area contributed by atoms with Gasteiger partial charge in [-0.15, -0.1) is 0 Å². The van der Waals surface area contributed by atoms with Crippen molar-refractivity contribution in [1.82, 2.24) is 5.32 Å². The number of amides is 1. The van der Waals surface area contributed by atoms with E-state index in [1.807, 2.05) is 0 Å². The summed E-state index contributed by atoms with van der Waals surface area (Å²) in [5, 5.41) is 11.0. The van der Waals surface area contributed by atoms with Gasteiger partial charge in [-0.05, 0) is 13.8 Å². The van der Waals surface area contributed by atoms with Crippen molar-refractivity contribution < 1.29 is 23.1 Å². The Bertz CT molecular complexity index is 164. The van der Waals surface area contributed by atoms with Gasteiger partial charge in [0.05, 0.1) is 0 Å². The van der Waals surface area contributed by atoms with Gasteiger partial charge in [0.2, 0.25) is 0 Å². The van der Waals surface area contributed by atoms with E-state index in [-0.39, 0.29) is 0 Å². The Labute approximate surface area is 61.2 Å². The lowest BCUT2D eigenvalue weighted by Crippen LogP contribution is -2.57. The monoisotopic (exact) mass is 170 g/mol. The van der Waals surface area contributed by atoms with Crippen molar-refractivity contribution in [3.05, 3.63) is 0 Å². The van der Waals surface area contributed by atoms with Crippen LogP contribution in [0.1, 0.15) is 13.8 Å². The van der Waals surface area contributed by atoms with Crippen molar-refractivity contribution in [2.75, 3.05) is 0 Å². The van der Waals surface area contributed by atoms with E-state index < -0.39 is 17.8 Å². The van der Waals surface area contributed by atoms with Crippen LogP contribution < -0.4 is 10.4 Å². The van der Waals surface area contributed by atoms with Crippen molar-refractivity contribution in [3.63, 3.8) is 0 Å². The molecule has 0 heterocycles. The maximum Gasteiger partial charge on any atom is 0.410 e. The number of alkyl halides is 3. The first-order chi connectivity index (χ1) is 4.67. The highest BCUT2D eigenvalue weighted by atomic mass is 19.4. The summed E-state index contributed by atoms with van der Waals surface area (Å²) in [6.07, 6.45) is -6.54. The number of hydrogen-bond donors (Lipinski definition) is 1. The SMILES string of the molecule is CC(C)(NC(=O)[O-])C(F)(F)F. The van der Waals surface area contributed by atoms with Gasteiger partial charge < -0.3 is 15.2 Å². The quantitative estimate of drug-likeness (QED) is 0.613. The zero-order valence-corrected chi connectivity index (χ0v) is 5.95. The lowest BCUT2D eigenvalue weighted by molar-refractivity contribution is -0.262. The van der Waals surface area contributed by atoms with E-state index >= 15 is 0 Å². The molecule has 0 fully saturated rings. The fourth-order valence-corrected chi connectivity index (χ4v) is 0.326. The van der Waals surface area contributed by atoms with Crippen LogP contribution >= 0.6 is 0 Å². The number of carboxylic acid groups (broad SMARTS) is 1. The van der Waals surface area contributed by atoms with Crippen molar-refractivity contribution >= 4 is 6.09 Å². The molecule has 0 rings (SSSR count). The van der Waals surface area contributed by atoms with Gasteiger partial charge in [0.1, 0.15) is 11.6 Å². The molecule has 0 aliphatic carbocycles. The fraction of sp³-hybridized carbons (Fsp3) is 0.800. The molecule has 0 aromatic heterocycles. The summed E-state index contributed by atoms with van der Waals surface area (Å²) >= 11 is 0. The number of nitrogens with one attached hydrogen (secondary N) is 1. The van der Waals surface area contributed by atoms with Gasteiger partial charge in [0, 0.05) is 0 Å². The molecule has 0 aliphatic heterocycles. The molecule has 3 nitrogen and oxygen atoms in total. The van der Waals surface area contributed by atoms with E-state index in [2.05, 4.69) is 0 Å². The number of halogens is 3. The van der Waals surface area contributed by atoms with Gasteiger partial charge in [0.25, 0.3) is 0 Å². The lowest BCUT2D eigenvalue weighted by Gasteiger charge is -2.29. The molecule has 0 saturated heterocycles. The highest BCUT2D eigenvalue weighted by molar-refractivity contribution is 5.63. The second-order valence-electron chi connectivity index (χ2n) is 2.54. The molecule has 0 radical (unpaired) electrons. The van der Waals surface area contributed by atoms with Crippen LogP contribution in [-0.2, 0) is 0 Å². The first-order valence-electron chi connectivity index (χ1n) is 2.73. The minimum Gasteiger partial charge on any atom is -0.530 e. The molecule has 0 unspecified atom stereocenters. The largest absolute Gasteiger partial charge is 0.530 e. The molecule has 0 spiro atoms. The average molecular weight is 170 g/mol. The number of carbonyl (C=O) groups excluding carboxylic acids is 1. The Morgan fingerprint density at radius 3 is 1.82 bits per heavy atom. The molecule has 0 saturated carbocycles. The Morgan fingerprint density at radius 2 is 1.73 bits per heavy atom. The van der Waals surface area contributed by atoms with E-state index in [9.17, 15) is 23.1 Å². The minimum absolute atomic E-state index is 0.711. The smallest absolute Gasteiger partial charge is 0.410 e. The Balaban J connectivity index is 4.34. The van der Waals surface area contributed by atoms with Crippen LogP contribution in [0.5, 0.6) is 0 Å². The molecule has 0 aromatic rings. The first-order valence-corrected chi connectivity index (χ1v) is 2.73. The zero-order chi connectivity index (χ0) is 9.28. The summed E-state index contributed by atoms with van der Waals surface area (Å²) in [6.45, 7) is 1.42. The summed E-state index contributed by atoms with van der Waals surface area (Å²) in [4.78, 5) is 9.74.